The van der Waals surface area contributed by atoms with Crippen LogP contribution in [0.4, 0.5) is 0 Å². The molecule has 0 heterocycles. The molecule has 14 nitrogen and oxygen atoms in total. The van der Waals surface area contributed by atoms with Gasteiger partial charge in [0.15, 0.2) is 5.96 Å². The van der Waals surface area contributed by atoms with Crippen molar-refractivity contribution in [1.29, 1.82) is 0 Å². The van der Waals surface area contributed by atoms with Gasteiger partial charge in [-0.05, 0) is 43.9 Å². The standard InChI is InChI=1S/C23H43N7O7/c1-12(2)10-14(24)19(33)28-15(6-5-9-27-23(25)26)20(34)29-16(7-8-18(31)32)21(35)30-17(22(36)37)11-13(3)4/h12-17H,5-11,24H2,1-4H3,(H,28,33)(H,29,34)(H,30,35)(H,31,32)(H,36,37)(H4,25,26,27)/t14-,15-,16-,17-/m0/s1. The number of aliphatic carboxylic acids is 2. The predicted molar refractivity (Wildman–Crippen MR) is 137 cm³/mol. The Bertz CT molecular complexity index is 813. The Balaban J connectivity index is 5.69. The van der Waals surface area contributed by atoms with Gasteiger partial charge in [-0.15, -0.1) is 0 Å². The Hall–Kier alpha value is -3.42. The first-order valence-corrected chi connectivity index (χ1v) is 12.3. The fourth-order valence-corrected chi connectivity index (χ4v) is 3.44. The summed E-state index contributed by atoms with van der Waals surface area (Å²) in [5.74, 6) is -4.67. The molecule has 0 saturated heterocycles. The third-order valence-corrected chi connectivity index (χ3v) is 5.24. The van der Waals surface area contributed by atoms with E-state index in [0.717, 1.165) is 0 Å². The quantitative estimate of drug-likeness (QED) is 0.0601. The number of guanidine groups is 1. The summed E-state index contributed by atoms with van der Waals surface area (Å²) in [6.45, 7) is 7.53. The molecular formula is C23H43N7O7. The molecule has 0 saturated carbocycles. The molecule has 0 spiro atoms. The van der Waals surface area contributed by atoms with Crippen LogP contribution in [-0.2, 0) is 24.0 Å². The number of carboxylic acid groups (broad SMARTS) is 2. The Morgan fingerprint density at radius 2 is 1.24 bits per heavy atom. The average Bonchev–Trinajstić information content (AvgIpc) is 2.76. The number of carbonyl (C=O) groups excluding carboxylic acids is 3. The molecule has 4 atom stereocenters. The lowest BCUT2D eigenvalue weighted by Gasteiger charge is -2.25. The van der Waals surface area contributed by atoms with E-state index in [2.05, 4.69) is 20.9 Å². The lowest BCUT2D eigenvalue weighted by molar-refractivity contribution is -0.143. The van der Waals surface area contributed by atoms with Gasteiger partial charge >= 0.3 is 11.9 Å². The lowest BCUT2D eigenvalue weighted by Crippen LogP contribution is -2.57. The van der Waals surface area contributed by atoms with Crippen molar-refractivity contribution in [3.8, 4) is 0 Å². The van der Waals surface area contributed by atoms with E-state index in [9.17, 15) is 29.1 Å². The smallest absolute Gasteiger partial charge is 0.326 e. The van der Waals surface area contributed by atoms with Gasteiger partial charge in [-0.2, -0.15) is 0 Å². The Morgan fingerprint density at radius 1 is 0.757 bits per heavy atom. The normalized spacial score (nSPS) is 14.2. The van der Waals surface area contributed by atoms with Gasteiger partial charge in [0.05, 0.1) is 6.04 Å². The van der Waals surface area contributed by atoms with Crippen LogP contribution in [0.15, 0.2) is 4.99 Å². The molecule has 0 aliphatic rings. The van der Waals surface area contributed by atoms with E-state index in [4.69, 9.17) is 22.3 Å². The predicted octanol–water partition coefficient (Wildman–Crippen LogP) is -1.14. The van der Waals surface area contributed by atoms with E-state index >= 15 is 0 Å². The molecule has 0 aromatic rings. The minimum Gasteiger partial charge on any atom is -0.481 e. The van der Waals surface area contributed by atoms with E-state index in [1.807, 2.05) is 13.8 Å². The number of nitrogens with one attached hydrogen (secondary N) is 3. The van der Waals surface area contributed by atoms with Crippen LogP contribution in [0.25, 0.3) is 0 Å². The third-order valence-electron chi connectivity index (χ3n) is 5.24. The Morgan fingerprint density at radius 3 is 1.70 bits per heavy atom. The second kappa shape index (κ2) is 17.1. The molecule has 0 rings (SSSR count). The number of aliphatic imine (C=N–C) groups is 1. The summed E-state index contributed by atoms with van der Waals surface area (Å²) in [4.78, 5) is 65.1. The fraction of sp³-hybridized carbons (Fsp3) is 0.739. The highest BCUT2D eigenvalue weighted by atomic mass is 16.4. The number of carboxylic acids is 2. The highest BCUT2D eigenvalue weighted by Crippen LogP contribution is 2.09. The zero-order valence-corrected chi connectivity index (χ0v) is 22.0. The summed E-state index contributed by atoms with van der Waals surface area (Å²) < 4.78 is 0. The summed E-state index contributed by atoms with van der Waals surface area (Å²) in [6.07, 6.45) is 0.171. The highest BCUT2D eigenvalue weighted by Gasteiger charge is 2.30. The van der Waals surface area contributed by atoms with E-state index in [1.165, 1.54) is 0 Å². The lowest BCUT2D eigenvalue weighted by atomic mass is 10.0. The molecule has 0 aliphatic heterocycles. The molecule has 0 unspecified atom stereocenters. The molecule has 0 fully saturated rings. The molecule has 0 aromatic heterocycles. The largest absolute Gasteiger partial charge is 0.481 e. The van der Waals surface area contributed by atoms with Gasteiger partial charge in [-0.1, -0.05) is 27.7 Å². The van der Waals surface area contributed by atoms with Crippen molar-refractivity contribution >= 4 is 35.6 Å². The van der Waals surface area contributed by atoms with Crippen LogP contribution in [0.3, 0.4) is 0 Å². The van der Waals surface area contributed by atoms with Crippen LogP contribution in [0.1, 0.15) is 66.2 Å². The van der Waals surface area contributed by atoms with Gasteiger partial charge in [0.1, 0.15) is 18.1 Å². The summed E-state index contributed by atoms with van der Waals surface area (Å²) in [5.41, 5.74) is 16.6. The van der Waals surface area contributed by atoms with Gasteiger partial charge in [0.2, 0.25) is 17.7 Å². The number of hydrogen-bond acceptors (Lipinski definition) is 7. The van der Waals surface area contributed by atoms with E-state index < -0.39 is 60.2 Å². The van der Waals surface area contributed by atoms with Gasteiger partial charge < -0.3 is 43.4 Å². The Kier molecular flexibility index (Phi) is 15.5. The number of carbonyl (C=O) groups is 5. The van der Waals surface area contributed by atoms with Crippen molar-refractivity contribution in [1.82, 2.24) is 16.0 Å². The van der Waals surface area contributed by atoms with Crippen molar-refractivity contribution in [3.05, 3.63) is 0 Å². The van der Waals surface area contributed by atoms with Gasteiger partial charge in [0, 0.05) is 13.0 Å². The van der Waals surface area contributed by atoms with Crippen molar-refractivity contribution < 1.29 is 34.2 Å². The van der Waals surface area contributed by atoms with Crippen LogP contribution in [0, 0.1) is 11.8 Å². The van der Waals surface area contributed by atoms with Crippen molar-refractivity contribution in [2.24, 2.45) is 34.0 Å². The second-order valence-corrected chi connectivity index (χ2v) is 9.77. The fourth-order valence-electron chi connectivity index (χ4n) is 3.44. The van der Waals surface area contributed by atoms with Crippen LogP contribution in [0.5, 0.6) is 0 Å². The van der Waals surface area contributed by atoms with E-state index in [1.54, 1.807) is 13.8 Å². The SMILES string of the molecule is CC(C)C[C@H](NC(=O)[C@H](CCC(=O)O)NC(=O)[C@H](CCCN=C(N)N)NC(=O)[C@@H](N)CC(C)C)C(=O)O. The highest BCUT2D eigenvalue weighted by molar-refractivity contribution is 5.94. The summed E-state index contributed by atoms with van der Waals surface area (Å²) >= 11 is 0. The number of hydrogen-bond donors (Lipinski definition) is 8. The molecule has 0 bridgehead atoms. The summed E-state index contributed by atoms with van der Waals surface area (Å²) in [7, 11) is 0. The zero-order chi connectivity index (χ0) is 28.7. The summed E-state index contributed by atoms with van der Waals surface area (Å²) in [5, 5.41) is 25.9. The first-order chi connectivity index (χ1) is 17.1. The van der Waals surface area contributed by atoms with Crippen LogP contribution in [-0.4, -0.2) is 76.5 Å². The number of amides is 3. The van der Waals surface area contributed by atoms with Crippen LogP contribution in [0.2, 0.25) is 0 Å². The maximum Gasteiger partial charge on any atom is 0.326 e. The molecular weight excluding hydrogens is 486 g/mol. The molecule has 11 N–H and O–H groups in total. The Labute approximate surface area is 217 Å². The third kappa shape index (κ3) is 15.3. The molecule has 37 heavy (non-hydrogen) atoms. The van der Waals surface area contributed by atoms with Gasteiger partial charge in [-0.25, -0.2) is 4.79 Å². The van der Waals surface area contributed by atoms with Gasteiger partial charge in [0.25, 0.3) is 0 Å². The maximum atomic E-state index is 13.1. The molecule has 212 valence electrons. The molecule has 3 amide bonds. The van der Waals surface area contributed by atoms with Crippen molar-refractivity contribution in [3.63, 3.8) is 0 Å². The molecule has 14 heteroatoms. The van der Waals surface area contributed by atoms with Crippen molar-refractivity contribution in [2.45, 2.75) is 90.4 Å². The van der Waals surface area contributed by atoms with E-state index in [0.29, 0.717) is 12.8 Å². The first-order valence-electron chi connectivity index (χ1n) is 12.3. The number of nitrogens with two attached hydrogens (primary N) is 3. The first kappa shape index (κ1) is 33.6. The number of rotatable bonds is 18. The van der Waals surface area contributed by atoms with E-state index in [-0.39, 0.29) is 43.6 Å². The van der Waals surface area contributed by atoms with Gasteiger partial charge in [-0.3, -0.25) is 24.2 Å². The van der Waals surface area contributed by atoms with Crippen molar-refractivity contribution in [2.75, 3.05) is 6.54 Å². The van der Waals surface area contributed by atoms with Crippen LogP contribution >= 0.6 is 0 Å². The molecule has 0 aliphatic carbocycles. The van der Waals surface area contributed by atoms with Crippen LogP contribution < -0.4 is 33.2 Å². The minimum absolute atomic E-state index is 0.0479. The minimum atomic E-state index is -1.35. The molecule has 0 aromatic carbocycles. The average molecular weight is 530 g/mol. The topological polar surface area (TPSA) is 252 Å². The second-order valence-electron chi connectivity index (χ2n) is 9.77. The molecule has 0 radical (unpaired) electrons. The zero-order valence-electron chi connectivity index (χ0n) is 22.0. The number of nitrogens with zero attached hydrogens (tertiary/aromatic N) is 1. The monoisotopic (exact) mass is 529 g/mol. The maximum absolute atomic E-state index is 13.1. The summed E-state index contributed by atoms with van der Waals surface area (Å²) in [6, 6.07) is -4.56.